The van der Waals surface area contributed by atoms with Crippen molar-refractivity contribution in [1.29, 1.82) is 0 Å². The number of nitrogens with zero attached hydrogens (tertiary/aromatic N) is 1. The van der Waals surface area contributed by atoms with Gasteiger partial charge in [-0.05, 0) is 42.4 Å². The molecule has 9 nitrogen and oxygen atoms in total. The number of hydrogen-bond donors (Lipinski definition) is 2. The summed E-state index contributed by atoms with van der Waals surface area (Å²) < 4.78 is 15.7. The third-order valence-corrected chi connectivity index (χ3v) is 5.85. The molecule has 2 heterocycles. The van der Waals surface area contributed by atoms with E-state index in [1.807, 2.05) is 25.7 Å². The Labute approximate surface area is 195 Å². The average molecular weight is 462 g/mol. The van der Waals surface area contributed by atoms with Crippen LogP contribution < -0.4 is 20.1 Å². The van der Waals surface area contributed by atoms with Gasteiger partial charge in [-0.15, -0.1) is 0 Å². The molecule has 3 rings (SSSR count). The van der Waals surface area contributed by atoms with Crippen LogP contribution >= 0.6 is 0 Å². The van der Waals surface area contributed by atoms with Crippen LogP contribution in [0.1, 0.15) is 50.4 Å². The van der Waals surface area contributed by atoms with Crippen molar-refractivity contribution in [1.82, 2.24) is 15.5 Å². The van der Waals surface area contributed by atoms with Crippen LogP contribution in [0.15, 0.2) is 18.2 Å². The van der Waals surface area contributed by atoms with E-state index in [1.165, 1.54) is 0 Å². The van der Waals surface area contributed by atoms with E-state index in [9.17, 15) is 14.4 Å². The molecule has 2 N–H and O–H groups in total. The summed E-state index contributed by atoms with van der Waals surface area (Å²) in [4.78, 5) is 40.4. The maximum atomic E-state index is 13.0. The van der Waals surface area contributed by atoms with Crippen LogP contribution in [0.4, 0.5) is 0 Å². The molecule has 1 fully saturated rings. The Bertz CT molecular complexity index is 858. The topological polar surface area (TPSA) is 106 Å². The normalized spacial score (nSPS) is 16.9. The van der Waals surface area contributed by atoms with Gasteiger partial charge in [0.25, 0.3) is 5.91 Å². The van der Waals surface area contributed by atoms with E-state index >= 15 is 0 Å². The zero-order valence-corrected chi connectivity index (χ0v) is 19.9. The molecule has 1 aromatic carbocycles. The van der Waals surface area contributed by atoms with Gasteiger partial charge in [-0.1, -0.05) is 20.8 Å². The standard InChI is InChI=1S/C24H35N3O6/c1-24(2,3)14-20(28)27-10-7-16(8-11-27)21(23(30)25-9-12-31-4)26-22(29)17-5-6-18-19(13-17)33-15-32-18/h5-6,13,16,21H,7-12,14-15H2,1-4H3,(H,25,30)(H,26,29)/t21-/m1/s1. The van der Waals surface area contributed by atoms with Gasteiger partial charge in [-0.25, -0.2) is 0 Å². The Balaban J connectivity index is 1.66. The van der Waals surface area contributed by atoms with Crippen molar-refractivity contribution < 1.29 is 28.6 Å². The number of carbonyl (C=O) groups is 3. The summed E-state index contributed by atoms with van der Waals surface area (Å²) in [6.07, 6.45) is 1.76. The molecular formula is C24H35N3O6. The number of likely N-dealkylation sites (tertiary alicyclic amines) is 1. The van der Waals surface area contributed by atoms with Crippen molar-refractivity contribution in [3.05, 3.63) is 23.8 Å². The second-order valence-corrected chi connectivity index (χ2v) is 9.76. The number of nitrogens with one attached hydrogen (secondary N) is 2. The molecule has 1 saturated heterocycles. The van der Waals surface area contributed by atoms with Crippen LogP contribution in [0.25, 0.3) is 0 Å². The lowest BCUT2D eigenvalue weighted by Crippen LogP contribution is -2.54. The molecule has 0 aliphatic carbocycles. The zero-order valence-electron chi connectivity index (χ0n) is 19.9. The Morgan fingerprint density at radius 2 is 1.85 bits per heavy atom. The highest BCUT2D eigenvalue weighted by atomic mass is 16.7. The van der Waals surface area contributed by atoms with E-state index in [1.54, 1.807) is 25.3 Å². The summed E-state index contributed by atoms with van der Waals surface area (Å²) in [6, 6.07) is 4.24. The van der Waals surface area contributed by atoms with E-state index in [0.29, 0.717) is 62.6 Å². The molecule has 0 spiro atoms. The van der Waals surface area contributed by atoms with Gasteiger partial charge in [0, 0.05) is 38.7 Å². The van der Waals surface area contributed by atoms with E-state index in [-0.39, 0.29) is 35.8 Å². The smallest absolute Gasteiger partial charge is 0.252 e. The largest absolute Gasteiger partial charge is 0.454 e. The van der Waals surface area contributed by atoms with Crippen molar-refractivity contribution in [3.8, 4) is 11.5 Å². The molecule has 9 heteroatoms. The highest BCUT2D eigenvalue weighted by Gasteiger charge is 2.34. The molecule has 1 atom stereocenters. The SMILES string of the molecule is COCCNC(=O)[C@H](NC(=O)c1ccc2c(c1)OCO2)C1CCN(C(=O)CC(C)(C)C)CC1. The molecular weight excluding hydrogens is 426 g/mol. The molecule has 182 valence electrons. The summed E-state index contributed by atoms with van der Waals surface area (Å²) in [6.45, 7) is 8.14. The fourth-order valence-corrected chi connectivity index (χ4v) is 4.09. The Morgan fingerprint density at radius 3 is 2.52 bits per heavy atom. The lowest BCUT2D eigenvalue weighted by molar-refractivity contribution is -0.134. The van der Waals surface area contributed by atoms with Crippen molar-refractivity contribution in [2.45, 2.75) is 46.1 Å². The van der Waals surface area contributed by atoms with Gasteiger partial charge in [0.1, 0.15) is 6.04 Å². The van der Waals surface area contributed by atoms with Gasteiger partial charge >= 0.3 is 0 Å². The van der Waals surface area contributed by atoms with E-state index in [2.05, 4.69) is 10.6 Å². The molecule has 0 bridgehead atoms. The van der Waals surface area contributed by atoms with Gasteiger partial charge in [0.15, 0.2) is 11.5 Å². The van der Waals surface area contributed by atoms with Gasteiger partial charge in [0.2, 0.25) is 18.6 Å². The maximum Gasteiger partial charge on any atom is 0.252 e. The molecule has 1 aromatic rings. The fourth-order valence-electron chi connectivity index (χ4n) is 4.09. The number of hydrogen-bond acceptors (Lipinski definition) is 6. The molecule has 33 heavy (non-hydrogen) atoms. The third kappa shape index (κ3) is 6.83. The summed E-state index contributed by atoms with van der Waals surface area (Å²) in [5.74, 6) is 0.546. The number of rotatable bonds is 8. The first-order valence-electron chi connectivity index (χ1n) is 11.4. The second kappa shape index (κ2) is 10.9. The van der Waals surface area contributed by atoms with Crippen LogP contribution in [0.3, 0.4) is 0 Å². The van der Waals surface area contributed by atoms with Crippen LogP contribution in [-0.2, 0) is 14.3 Å². The fraction of sp³-hybridized carbons (Fsp3) is 0.625. The van der Waals surface area contributed by atoms with Crippen LogP contribution in [-0.4, -0.2) is 68.8 Å². The van der Waals surface area contributed by atoms with Gasteiger partial charge in [0.05, 0.1) is 6.61 Å². The summed E-state index contributed by atoms with van der Waals surface area (Å²) in [7, 11) is 1.56. The first kappa shape index (κ1) is 24.8. The predicted octanol–water partition coefficient (Wildman–Crippen LogP) is 1.95. The van der Waals surface area contributed by atoms with E-state index in [0.717, 1.165) is 0 Å². The first-order valence-corrected chi connectivity index (χ1v) is 11.4. The lowest BCUT2D eigenvalue weighted by atomic mass is 9.87. The number of ether oxygens (including phenoxy) is 3. The molecule has 0 aromatic heterocycles. The van der Waals surface area contributed by atoms with Crippen molar-refractivity contribution >= 4 is 17.7 Å². The predicted molar refractivity (Wildman–Crippen MR) is 122 cm³/mol. The number of fused-ring (bicyclic) bond motifs is 1. The number of carbonyl (C=O) groups excluding carboxylic acids is 3. The maximum absolute atomic E-state index is 13.0. The van der Waals surface area contributed by atoms with E-state index in [4.69, 9.17) is 14.2 Å². The summed E-state index contributed by atoms with van der Waals surface area (Å²) in [5.41, 5.74) is 0.322. The monoisotopic (exact) mass is 461 g/mol. The Morgan fingerprint density at radius 1 is 1.15 bits per heavy atom. The average Bonchev–Trinajstić information content (AvgIpc) is 3.24. The third-order valence-electron chi connectivity index (χ3n) is 5.85. The highest BCUT2D eigenvalue weighted by molar-refractivity contribution is 5.98. The van der Waals surface area contributed by atoms with Crippen molar-refractivity contribution in [2.24, 2.45) is 11.3 Å². The summed E-state index contributed by atoms with van der Waals surface area (Å²) in [5, 5.41) is 5.75. The van der Waals surface area contributed by atoms with Crippen molar-refractivity contribution in [3.63, 3.8) is 0 Å². The van der Waals surface area contributed by atoms with Crippen LogP contribution in [0, 0.1) is 11.3 Å². The summed E-state index contributed by atoms with van der Waals surface area (Å²) >= 11 is 0. The molecule has 0 radical (unpaired) electrons. The Kier molecular flexibility index (Phi) is 8.18. The number of amides is 3. The number of piperidine rings is 1. The van der Waals surface area contributed by atoms with Gasteiger partial charge < -0.3 is 29.7 Å². The highest BCUT2D eigenvalue weighted by Crippen LogP contribution is 2.32. The van der Waals surface area contributed by atoms with Gasteiger partial charge in [-0.3, -0.25) is 14.4 Å². The van der Waals surface area contributed by atoms with Gasteiger partial charge in [-0.2, -0.15) is 0 Å². The second-order valence-electron chi connectivity index (χ2n) is 9.76. The minimum Gasteiger partial charge on any atom is -0.454 e. The van der Waals surface area contributed by atoms with Crippen LogP contribution in [0.5, 0.6) is 11.5 Å². The quantitative estimate of drug-likeness (QED) is 0.573. The minimum atomic E-state index is -0.709. The number of benzene rings is 1. The molecule has 0 unspecified atom stereocenters. The van der Waals surface area contributed by atoms with Crippen molar-refractivity contribution in [2.75, 3.05) is 40.1 Å². The molecule has 2 aliphatic rings. The first-order chi connectivity index (χ1) is 15.7. The Hall–Kier alpha value is -2.81. The molecule has 2 aliphatic heterocycles. The molecule has 0 saturated carbocycles. The molecule has 3 amide bonds. The zero-order chi connectivity index (χ0) is 24.0. The van der Waals surface area contributed by atoms with E-state index < -0.39 is 6.04 Å². The van der Waals surface area contributed by atoms with Crippen LogP contribution in [0.2, 0.25) is 0 Å². The number of methoxy groups -OCH3 is 1. The lowest BCUT2D eigenvalue weighted by Gasteiger charge is -2.36. The minimum absolute atomic E-state index is 0.0731.